The maximum atomic E-state index is 12.2. The van der Waals surface area contributed by atoms with Crippen LogP contribution in [0.4, 0.5) is 0 Å². The molecule has 1 aromatic carbocycles. The van der Waals surface area contributed by atoms with Crippen molar-refractivity contribution in [2.24, 2.45) is 0 Å². The van der Waals surface area contributed by atoms with Crippen molar-refractivity contribution in [1.29, 1.82) is 0 Å². The van der Waals surface area contributed by atoms with E-state index < -0.39 is 33.9 Å². The summed E-state index contributed by atoms with van der Waals surface area (Å²) in [6.07, 6.45) is 0.437. The highest BCUT2D eigenvalue weighted by Crippen LogP contribution is 2.14. The van der Waals surface area contributed by atoms with Crippen LogP contribution in [0.1, 0.15) is 19.3 Å². The van der Waals surface area contributed by atoms with Gasteiger partial charge in [0.15, 0.2) is 9.84 Å². The van der Waals surface area contributed by atoms with Gasteiger partial charge in [-0.2, -0.15) is 0 Å². The van der Waals surface area contributed by atoms with Crippen molar-refractivity contribution in [3.05, 3.63) is 30.3 Å². The van der Waals surface area contributed by atoms with Crippen molar-refractivity contribution >= 4 is 21.7 Å². The van der Waals surface area contributed by atoms with Crippen LogP contribution in [0.5, 0.6) is 0 Å². The molecule has 2 rings (SSSR count). The minimum absolute atomic E-state index is 0.134. The van der Waals surface area contributed by atoms with Crippen molar-refractivity contribution in [3.8, 4) is 0 Å². The van der Waals surface area contributed by atoms with Crippen LogP contribution in [-0.4, -0.2) is 49.9 Å². The Hall–Kier alpha value is -1.93. The summed E-state index contributed by atoms with van der Waals surface area (Å²) in [5.74, 6) is -2.13. The van der Waals surface area contributed by atoms with E-state index >= 15 is 0 Å². The van der Waals surface area contributed by atoms with E-state index in [4.69, 9.17) is 4.74 Å². The van der Waals surface area contributed by atoms with Gasteiger partial charge >= 0.3 is 5.97 Å². The maximum Gasteiger partial charge on any atom is 0.326 e. The quantitative estimate of drug-likeness (QED) is 0.751. The molecule has 0 aromatic heterocycles. The van der Waals surface area contributed by atoms with Crippen molar-refractivity contribution < 1.29 is 27.9 Å². The summed E-state index contributed by atoms with van der Waals surface area (Å²) < 4.78 is 29.5. The topological polar surface area (TPSA) is 110 Å². The molecule has 0 unspecified atom stereocenters. The van der Waals surface area contributed by atoms with Crippen LogP contribution in [0, 0.1) is 0 Å². The molecule has 1 saturated heterocycles. The maximum absolute atomic E-state index is 12.2. The minimum atomic E-state index is -3.59. The summed E-state index contributed by atoms with van der Waals surface area (Å²) in [4.78, 5) is 23.3. The molecule has 1 fully saturated rings. The molecule has 2 atom stereocenters. The van der Waals surface area contributed by atoms with E-state index in [0.29, 0.717) is 13.0 Å². The molecule has 7 nitrogen and oxygen atoms in total. The van der Waals surface area contributed by atoms with E-state index in [9.17, 15) is 23.1 Å². The molecule has 0 radical (unpaired) electrons. The molecule has 0 bridgehead atoms. The number of carboxylic acids is 1. The lowest BCUT2D eigenvalue weighted by Crippen LogP contribution is -2.46. The van der Waals surface area contributed by atoms with Crippen LogP contribution in [0.3, 0.4) is 0 Å². The lowest BCUT2D eigenvalue weighted by molar-refractivity contribution is -0.143. The molecule has 0 spiro atoms. The molecule has 23 heavy (non-hydrogen) atoms. The molecular weight excluding hydrogens is 322 g/mol. The van der Waals surface area contributed by atoms with Crippen LogP contribution in [0.25, 0.3) is 0 Å². The van der Waals surface area contributed by atoms with Gasteiger partial charge in [0.2, 0.25) is 5.91 Å². The fourth-order valence-corrected chi connectivity index (χ4v) is 3.68. The molecule has 1 heterocycles. The molecule has 0 saturated carbocycles. The number of hydrogen-bond acceptors (Lipinski definition) is 5. The Labute approximate surface area is 134 Å². The number of rotatable bonds is 7. The average molecular weight is 341 g/mol. The Balaban J connectivity index is 1.97. The third kappa shape index (κ3) is 4.77. The number of ether oxygens (including phenoxy) is 1. The van der Waals surface area contributed by atoms with Crippen molar-refractivity contribution in [3.63, 3.8) is 0 Å². The monoisotopic (exact) mass is 341 g/mol. The molecule has 8 heteroatoms. The second-order valence-corrected chi connectivity index (χ2v) is 7.43. The first-order chi connectivity index (χ1) is 10.9. The second kappa shape index (κ2) is 7.56. The SMILES string of the molecule is O=C(O)[C@H](CCS(=O)(=O)c1ccccc1)NC(=O)[C@@H]1CCCO1. The summed E-state index contributed by atoms with van der Waals surface area (Å²) in [6, 6.07) is 6.54. The van der Waals surface area contributed by atoms with E-state index in [-0.39, 0.29) is 17.1 Å². The van der Waals surface area contributed by atoms with Gasteiger partial charge in [0, 0.05) is 6.61 Å². The van der Waals surface area contributed by atoms with Gasteiger partial charge in [0.25, 0.3) is 0 Å². The van der Waals surface area contributed by atoms with Gasteiger partial charge in [-0.15, -0.1) is 0 Å². The Morgan fingerprint density at radius 2 is 2.00 bits per heavy atom. The van der Waals surface area contributed by atoms with E-state index in [0.717, 1.165) is 6.42 Å². The van der Waals surface area contributed by atoms with Gasteiger partial charge < -0.3 is 15.2 Å². The predicted octanol–water partition coefficient (Wildman–Crippen LogP) is 0.599. The third-order valence-electron chi connectivity index (χ3n) is 3.61. The first kappa shape index (κ1) is 17.4. The van der Waals surface area contributed by atoms with E-state index in [2.05, 4.69) is 5.32 Å². The standard InChI is InChI=1S/C15H19NO6S/c17-14(13-7-4-9-22-13)16-12(15(18)19)8-10-23(20,21)11-5-2-1-3-6-11/h1-3,5-6,12-13H,4,7-10H2,(H,16,17)(H,18,19)/t12-,13-/m0/s1. The van der Waals surface area contributed by atoms with E-state index in [1.165, 1.54) is 12.1 Å². The lowest BCUT2D eigenvalue weighted by atomic mass is 10.2. The van der Waals surface area contributed by atoms with Gasteiger partial charge in [-0.05, 0) is 31.4 Å². The Morgan fingerprint density at radius 3 is 2.57 bits per heavy atom. The fourth-order valence-electron chi connectivity index (χ4n) is 2.33. The van der Waals surface area contributed by atoms with Crippen LogP contribution in [0.15, 0.2) is 35.2 Å². The Kier molecular flexibility index (Phi) is 5.73. The number of aliphatic carboxylic acids is 1. The highest BCUT2D eigenvalue weighted by atomic mass is 32.2. The molecular formula is C15H19NO6S. The summed E-state index contributed by atoms with van der Waals surface area (Å²) in [7, 11) is -3.59. The normalized spacial score (nSPS) is 19.2. The molecule has 1 aliphatic rings. The lowest BCUT2D eigenvalue weighted by Gasteiger charge is -2.17. The number of carboxylic acid groups (broad SMARTS) is 1. The summed E-state index contributed by atoms with van der Waals surface area (Å²) in [6.45, 7) is 0.470. The van der Waals surface area contributed by atoms with Crippen LogP contribution in [0.2, 0.25) is 0 Å². The van der Waals surface area contributed by atoms with Crippen LogP contribution >= 0.6 is 0 Å². The molecule has 126 valence electrons. The van der Waals surface area contributed by atoms with E-state index in [1.54, 1.807) is 18.2 Å². The van der Waals surface area contributed by atoms with Crippen molar-refractivity contribution in [2.45, 2.75) is 36.3 Å². The van der Waals surface area contributed by atoms with Crippen LogP contribution in [-0.2, 0) is 24.2 Å². The Morgan fingerprint density at radius 1 is 1.30 bits per heavy atom. The highest BCUT2D eigenvalue weighted by molar-refractivity contribution is 7.91. The molecule has 1 aliphatic heterocycles. The summed E-state index contributed by atoms with van der Waals surface area (Å²) in [5.41, 5.74) is 0. The van der Waals surface area contributed by atoms with Gasteiger partial charge in [-0.25, -0.2) is 13.2 Å². The number of hydrogen-bond donors (Lipinski definition) is 2. The third-order valence-corrected chi connectivity index (χ3v) is 5.38. The second-order valence-electron chi connectivity index (χ2n) is 5.32. The zero-order valence-electron chi connectivity index (χ0n) is 12.5. The number of sulfone groups is 1. The number of carbonyl (C=O) groups excluding carboxylic acids is 1. The smallest absolute Gasteiger partial charge is 0.326 e. The largest absolute Gasteiger partial charge is 0.480 e. The predicted molar refractivity (Wildman–Crippen MR) is 81.7 cm³/mol. The van der Waals surface area contributed by atoms with Gasteiger partial charge in [0.05, 0.1) is 10.6 Å². The van der Waals surface area contributed by atoms with E-state index in [1.807, 2.05) is 0 Å². The zero-order valence-corrected chi connectivity index (χ0v) is 13.3. The van der Waals surface area contributed by atoms with Gasteiger partial charge in [0.1, 0.15) is 12.1 Å². The number of nitrogens with one attached hydrogen (secondary N) is 1. The minimum Gasteiger partial charge on any atom is -0.480 e. The Bertz CT molecular complexity index is 652. The highest BCUT2D eigenvalue weighted by Gasteiger charge is 2.29. The number of carbonyl (C=O) groups is 2. The molecule has 0 aliphatic carbocycles. The number of benzene rings is 1. The summed E-state index contributed by atoms with van der Waals surface area (Å²) >= 11 is 0. The number of amides is 1. The first-order valence-electron chi connectivity index (χ1n) is 7.33. The van der Waals surface area contributed by atoms with Gasteiger partial charge in [-0.1, -0.05) is 18.2 Å². The van der Waals surface area contributed by atoms with Crippen molar-refractivity contribution in [2.75, 3.05) is 12.4 Å². The fraction of sp³-hybridized carbons (Fsp3) is 0.467. The van der Waals surface area contributed by atoms with Crippen LogP contribution < -0.4 is 5.32 Å². The zero-order chi connectivity index (χ0) is 16.9. The average Bonchev–Trinajstić information content (AvgIpc) is 3.06. The van der Waals surface area contributed by atoms with Crippen molar-refractivity contribution in [1.82, 2.24) is 5.32 Å². The molecule has 1 amide bonds. The molecule has 1 aromatic rings. The molecule has 2 N–H and O–H groups in total. The first-order valence-corrected chi connectivity index (χ1v) is 8.98. The summed E-state index contributed by atoms with van der Waals surface area (Å²) in [5, 5.41) is 11.5. The van der Waals surface area contributed by atoms with Gasteiger partial charge in [-0.3, -0.25) is 4.79 Å².